The molecule has 0 spiro atoms. The van der Waals surface area contributed by atoms with Crippen LogP contribution >= 0.6 is 11.3 Å². The van der Waals surface area contributed by atoms with Gasteiger partial charge in [-0.1, -0.05) is 6.07 Å². The van der Waals surface area contributed by atoms with E-state index in [-0.39, 0.29) is 5.91 Å². The minimum Gasteiger partial charge on any atom is -0.340 e. The highest BCUT2D eigenvalue weighted by Crippen LogP contribution is 2.13. The summed E-state index contributed by atoms with van der Waals surface area (Å²) < 4.78 is 1.69. The molecule has 5 nitrogen and oxygen atoms in total. The van der Waals surface area contributed by atoms with E-state index in [0.717, 1.165) is 39.1 Å². The average Bonchev–Trinajstić information content (AvgIpc) is 3.11. The lowest BCUT2D eigenvalue weighted by Gasteiger charge is -2.21. The molecule has 1 aliphatic heterocycles. The van der Waals surface area contributed by atoms with E-state index in [1.165, 1.54) is 4.88 Å². The standard InChI is InChI=1S/C15H20N4OS/c20-15(13-19-8-2-5-16-19)18-7-3-6-17(9-10-18)12-14-4-1-11-21-14/h1-2,4-5,8,11H,3,6-7,9-10,12-13H2. The Morgan fingerprint density at radius 3 is 2.95 bits per heavy atom. The summed E-state index contributed by atoms with van der Waals surface area (Å²) in [6, 6.07) is 6.12. The molecular weight excluding hydrogens is 284 g/mol. The molecular formula is C15H20N4OS. The second-order valence-electron chi connectivity index (χ2n) is 5.29. The molecule has 1 saturated heterocycles. The van der Waals surface area contributed by atoms with Crippen LogP contribution in [0, 0.1) is 0 Å². The molecule has 112 valence electrons. The van der Waals surface area contributed by atoms with Gasteiger partial charge in [-0.15, -0.1) is 11.3 Å². The first-order valence-electron chi connectivity index (χ1n) is 7.31. The summed E-state index contributed by atoms with van der Waals surface area (Å²) in [5, 5.41) is 6.22. The highest BCUT2D eigenvalue weighted by molar-refractivity contribution is 7.09. The highest BCUT2D eigenvalue weighted by Gasteiger charge is 2.19. The van der Waals surface area contributed by atoms with Crippen molar-refractivity contribution in [2.45, 2.75) is 19.5 Å². The topological polar surface area (TPSA) is 41.4 Å². The first-order chi connectivity index (χ1) is 10.3. The van der Waals surface area contributed by atoms with Crippen molar-refractivity contribution in [2.24, 2.45) is 0 Å². The largest absolute Gasteiger partial charge is 0.340 e. The number of aromatic nitrogens is 2. The molecule has 0 bridgehead atoms. The number of carbonyl (C=O) groups excluding carboxylic acids is 1. The minimum atomic E-state index is 0.164. The van der Waals surface area contributed by atoms with E-state index in [0.29, 0.717) is 6.54 Å². The lowest BCUT2D eigenvalue weighted by Crippen LogP contribution is -2.37. The Balaban J connectivity index is 1.51. The van der Waals surface area contributed by atoms with Crippen LogP contribution in [0.2, 0.25) is 0 Å². The van der Waals surface area contributed by atoms with Gasteiger partial charge in [-0.05, 0) is 23.9 Å². The van der Waals surface area contributed by atoms with E-state index < -0.39 is 0 Å². The maximum absolute atomic E-state index is 12.3. The van der Waals surface area contributed by atoms with Crippen molar-refractivity contribution in [1.29, 1.82) is 0 Å². The van der Waals surface area contributed by atoms with Gasteiger partial charge in [0.15, 0.2) is 0 Å². The predicted molar refractivity (Wildman–Crippen MR) is 83.0 cm³/mol. The fourth-order valence-corrected chi connectivity index (χ4v) is 3.38. The normalized spacial score (nSPS) is 16.9. The fourth-order valence-electron chi connectivity index (χ4n) is 2.63. The Hall–Kier alpha value is -1.66. The summed E-state index contributed by atoms with van der Waals surface area (Å²) in [6.07, 6.45) is 4.58. The molecule has 2 aromatic heterocycles. The van der Waals surface area contributed by atoms with Crippen molar-refractivity contribution in [2.75, 3.05) is 26.2 Å². The van der Waals surface area contributed by atoms with Crippen LogP contribution in [0.25, 0.3) is 0 Å². The van der Waals surface area contributed by atoms with Crippen LogP contribution in [0.15, 0.2) is 36.0 Å². The summed E-state index contributed by atoms with van der Waals surface area (Å²) in [6.45, 7) is 5.01. The third-order valence-electron chi connectivity index (χ3n) is 3.76. The smallest absolute Gasteiger partial charge is 0.244 e. The molecule has 0 radical (unpaired) electrons. The third-order valence-corrected chi connectivity index (χ3v) is 4.62. The molecule has 2 aromatic rings. The molecule has 1 fully saturated rings. The van der Waals surface area contributed by atoms with Gasteiger partial charge in [0.25, 0.3) is 0 Å². The third kappa shape index (κ3) is 3.92. The second-order valence-corrected chi connectivity index (χ2v) is 6.33. The van der Waals surface area contributed by atoms with Gasteiger partial charge in [0, 0.05) is 50.0 Å². The van der Waals surface area contributed by atoms with Crippen molar-refractivity contribution in [3.05, 3.63) is 40.8 Å². The monoisotopic (exact) mass is 304 g/mol. The molecule has 3 heterocycles. The maximum Gasteiger partial charge on any atom is 0.244 e. The van der Waals surface area contributed by atoms with E-state index in [1.54, 1.807) is 22.2 Å². The molecule has 1 aliphatic rings. The van der Waals surface area contributed by atoms with Gasteiger partial charge in [-0.2, -0.15) is 5.10 Å². The van der Waals surface area contributed by atoms with E-state index in [4.69, 9.17) is 0 Å². The number of hydrogen-bond donors (Lipinski definition) is 0. The molecule has 0 saturated carbocycles. The van der Waals surface area contributed by atoms with Crippen LogP contribution in [-0.4, -0.2) is 51.7 Å². The Labute approximate surface area is 128 Å². The molecule has 0 N–H and O–H groups in total. The van der Waals surface area contributed by atoms with Crippen molar-refractivity contribution in [3.8, 4) is 0 Å². The quantitative estimate of drug-likeness (QED) is 0.863. The van der Waals surface area contributed by atoms with Crippen molar-refractivity contribution < 1.29 is 4.79 Å². The zero-order chi connectivity index (χ0) is 14.5. The number of hydrogen-bond acceptors (Lipinski definition) is 4. The predicted octanol–water partition coefficient (Wildman–Crippen LogP) is 1.68. The van der Waals surface area contributed by atoms with Crippen LogP contribution < -0.4 is 0 Å². The summed E-state index contributed by atoms with van der Waals surface area (Å²) in [4.78, 5) is 18.1. The number of rotatable bonds is 4. The molecule has 0 atom stereocenters. The van der Waals surface area contributed by atoms with Crippen molar-refractivity contribution >= 4 is 17.2 Å². The number of nitrogens with zero attached hydrogens (tertiary/aromatic N) is 4. The minimum absolute atomic E-state index is 0.164. The van der Waals surface area contributed by atoms with Crippen LogP contribution in [-0.2, 0) is 17.9 Å². The average molecular weight is 304 g/mol. The lowest BCUT2D eigenvalue weighted by atomic mass is 10.3. The first kappa shape index (κ1) is 14.3. The first-order valence-corrected chi connectivity index (χ1v) is 8.19. The number of carbonyl (C=O) groups is 1. The van der Waals surface area contributed by atoms with Crippen LogP contribution in [0.5, 0.6) is 0 Å². The SMILES string of the molecule is O=C(Cn1cccn1)N1CCCN(Cc2cccs2)CC1. The zero-order valence-electron chi connectivity index (χ0n) is 12.0. The molecule has 6 heteroatoms. The summed E-state index contributed by atoms with van der Waals surface area (Å²) in [5.74, 6) is 0.164. The molecule has 21 heavy (non-hydrogen) atoms. The van der Waals surface area contributed by atoms with Crippen molar-refractivity contribution in [1.82, 2.24) is 19.6 Å². The highest BCUT2D eigenvalue weighted by atomic mass is 32.1. The van der Waals surface area contributed by atoms with Gasteiger partial charge >= 0.3 is 0 Å². The van der Waals surface area contributed by atoms with Crippen LogP contribution in [0.1, 0.15) is 11.3 Å². The summed E-state index contributed by atoms with van der Waals surface area (Å²) >= 11 is 1.80. The molecule has 3 rings (SSSR count). The fraction of sp³-hybridized carbons (Fsp3) is 0.467. The van der Waals surface area contributed by atoms with Gasteiger partial charge < -0.3 is 4.90 Å². The van der Waals surface area contributed by atoms with Gasteiger partial charge in [0.1, 0.15) is 6.54 Å². The second kappa shape index (κ2) is 6.87. The Kier molecular flexibility index (Phi) is 4.67. The molecule has 0 aliphatic carbocycles. The van der Waals surface area contributed by atoms with E-state index in [9.17, 15) is 4.79 Å². The van der Waals surface area contributed by atoms with Gasteiger partial charge in [-0.3, -0.25) is 14.4 Å². The molecule has 1 amide bonds. The van der Waals surface area contributed by atoms with Crippen LogP contribution in [0.3, 0.4) is 0 Å². The Morgan fingerprint density at radius 1 is 1.24 bits per heavy atom. The van der Waals surface area contributed by atoms with Gasteiger partial charge in [0.2, 0.25) is 5.91 Å². The van der Waals surface area contributed by atoms with Crippen molar-refractivity contribution in [3.63, 3.8) is 0 Å². The zero-order valence-corrected chi connectivity index (χ0v) is 12.8. The van der Waals surface area contributed by atoms with Gasteiger partial charge in [0.05, 0.1) is 0 Å². The molecule has 0 unspecified atom stereocenters. The number of amides is 1. The van der Waals surface area contributed by atoms with E-state index in [2.05, 4.69) is 27.5 Å². The van der Waals surface area contributed by atoms with E-state index in [1.807, 2.05) is 17.2 Å². The molecule has 0 aromatic carbocycles. The van der Waals surface area contributed by atoms with E-state index >= 15 is 0 Å². The van der Waals surface area contributed by atoms with Crippen LogP contribution in [0.4, 0.5) is 0 Å². The van der Waals surface area contributed by atoms with Gasteiger partial charge in [-0.25, -0.2) is 0 Å². The lowest BCUT2D eigenvalue weighted by molar-refractivity contribution is -0.131. The number of thiophene rings is 1. The Bertz CT molecular complexity index is 552. The summed E-state index contributed by atoms with van der Waals surface area (Å²) in [5.41, 5.74) is 0. The summed E-state index contributed by atoms with van der Waals surface area (Å²) in [7, 11) is 0. The Morgan fingerprint density at radius 2 is 2.19 bits per heavy atom. The maximum atomic E-state index is 12.3.